The smallest absolute Gasteiger partial charge is 0.232 e. The van der Waals surface area contributed by atoms with Crippen molar-refractivity contribution >= 4 is 23.2 Å². The molecule has 0 bridgehead atoms. The fourth-order valence-corrected chi connectivity index (χ4v) is 7.14. The van der Waals surface area contributed by atoms with Gasteiger partial charge in [-0.25, -0.2) is 0 Å². The van der Waals surface area contributed by atoms with Gasteiger partial charge in [0.25, 0.3) is 0 Å². The Kier molecular flexibility index (Phi) is 8.36. The van der Waals surface area contributed by atoms with E-state index < -0.39 is 11.6 Å². The average Bonchev–Trinajstić information content (AvgIpc) is 2.91. The molecule has 1 unspecified atom stereocenters. The number of hydrogen-bond donors (Lipinski definition) is 1. The molecule has 0 radical (unpaired) electrons. The Morgan fingerprint density at radius 3 is 2.14 bits per heavy atom. The van der Waals surface area contributed by atoms with Gasteiger partial charge in [0.15, 0.2) is 11.5 Å². The second-order valence-corrected chi connectivity index (χ2v) is 14.1. The van der Waals surface area contributed by atoms with Crippen molar-refractivity contribution < 1.29 is 24.1 Å². The molecule has 6 nitrogen and oxygen atoms in total. The quantitative estimate of drug-likeness (QED) is 0.295. The molecule has 1 amide bonds. The third kappa shape index (κ3) is 6.43. The Morgan fingerprint density at radius 2 is 1.58 bits per heavy atom. The number of amides is 1. The molecule has 230 valence electrons. The molecule has 43 heavy (non-hydrogen) atoms. The van der Waals surface area contributed by atoms with Crippen LogP contribution in [0.25, 0.3) is 0 Å². The average molecular weight is 606 g/mol. The highest BCUT2D eigenvalue weighted by molar-refractivity contribution is 6.30. The van der Waals surface area contributed by atoms with Gasteiger partial charge in [0.2, 0.25) is 5.91 Å². The zero-order valence-electron chi connectivity index (χ0n) is 26.5. The standard InChI is InChI=1S/C36H44ClNO5/c1-22(2)42-31-19-29-24(17-30(31)41-8)18-32(39)38(33(29)23-9-13-27(37)14-10-23)28-15-11-25(12-16-28)36(7,40)26-20-34(3,4)43-35(5,6)21-26/h9-17,19,22,26,33,40H,18,20-21H2,1-8H3/t33-,36?/m0/s1. The fraction of sp³-hybridized carbons (Fsp3) is 0.472. The molecule has 1 fully saturated rings. The zero-order chi connectivity index (χ0) is 31.3. The van der Waals surface area contributed by atoms with Crippen molar-refractivity contribution in [3.05, 3.63) is 87.9 Å². The van der Waals surface area contributed by atoms with Crippen LogP contribution in [-0.4, -0.2) is 35.4 Å². The number of benzene rings is 3. The molecule has 5 rings (SSSR count). The summed E-state index contributed by atoms with van der Waals surface area (Å²) < 4.78 is 18.1. The van der Waals surface area contributed by atoms with E-state index in [0.717, 1.165) is 40.8 Å². The van der Waals surface area contributed by atoms with Crippen LogP contribution in [-0.2, 0) is 21.6 Å². The van der Waals surface area contributed by atoms with E-state index in [4.69, 9.17) is 25.8 Å². The molecule has 1 saturated heterocycles. The molecule has 1 N–H and O–H groups in total. The largest absolute Gasteiger partial charge is 0.493 e. The molecular formula is C36H44ClNO5. The second-order valence-electron chi connectivity index (χ2n) is 13.7. The maximum atomic E-state index is 13.9. The lowest BCUT2D eigenvalue weighted by atomic mass is 9.70. The normalized spacial score (nSPS) is 21.3. The number of rotatable bonds is 7. The summed E-state index contributed by atoms with van der Waals surface area (Å²) in [6.07, 6.45) is 1.67. The second kappa shape index (κ2) is 11.5. The van der Waals surface area contributed by atoms with Crippen LogP contribution >= 0.6 is 11.6 Å². The third-order valence-corrected chi connectivity index (χ3v) is 8.94. The molecule has 3 aromatic rings. The van der Waals surface area contributed by atoms with Crippen molar-refractivity contribution in [3.8, 4) is 11.5 Å². The first-order valence-electron chi connectivity index (χ1n) is 15.1. The van der Waals surface area contributed by atoms with Crippen molar-refractivity contribution in [2.75, 3.05) is 12.0 Å². The van der Waals surface area contributed by atoms with Crippen LogP contribution in [0.3, 0.4) is 0 Å². The molecule has 2 aliphatic rings. The van der Waals surface area contributed by atoms with E-state index in [9.17, 15) is 9.90 Å². The Balaban J connectivity index is 1.56. The summed E-state index contributed by atoms with van der Waals surface area (Å²) in [4.78, 5) is 15.8. The molecule has 2 aliphatic heterocycles. The molecular weight excluding hydrogens is 562 g/mol. The first-order chi connectivity index (χ1) is 20.1. The van der Waals surface area contributed by atoms with Crippen LogP contribution in [0.1, 0.15) is 89.6 Å². The van der Waals surface area contributed by atoms with Gasteiger partial charge in [-0.3, -0.25) is 4.79 Å². The fourth-order valence-electron chi connectivity index (χ4n) is 7.01. The van der Waals surface area contributed by atoms with Crippen LogP contribution in [0, 0.1) is 5.92 Å². The number of carbonyl (C=O) groups excluding carboxylic acids is 1. The van der Waals surface area contributed by atoms with E-state index in [1.807, 2.05) is 86.3 Å². The number of carbonyl (C=O) groups is 1. The van der Waals surface area contributed by atoms with Crippen molar-refractivity contribution in [1.82, 2.24) is 0 Å². The summed E-state index contributed by atoms with van der Waals surface area (Å²) in [5.41, 5.74) is 2.64. The van der Waals surface area contributed by atoms with Gasteiger partial charge < -0.3 is 24.2 Å². The molecule has 2 heterocycles. The van der Waals surface area contributed by atoms with Gasteiger partial charge in [-0.05, 0) is 126 Å². The van der Waals surface area contributed by atoms with E-state index in [2.05, 4.69) is 27.7 Å². The van der Waals surface area contributed by atoms with Crippen LogP contribution in [0.4, 0.5) is 5.69 Å². The van der Waals surface area contributed by atoms with E-state index in [1.165, 1.54) is 0 Å². The Labute approximate surface area is 260 Å². The number of fused-ring (bicyclic) bond motifs is 1. The van der Waals surface area contributed by atoms with Crippen LogP contribution < -0.4 is 14.4 Å². The van der Waals surface area contributed by atoms with E-state index in [-0.39, 0.29) is 35.6 Å². The number of aliphatic hydroxyl groups is 1. The molecule has 0 spiro atoms. The van der Waals surface area contributed by atoms with Crippen molar-refractivity contribution in [1.29, 1.82) is 0 Å². The van der Waals surface area contributed by atoms with Crippen molar-refractivity contribution in [2.24, 2.45) is 5.92 Å². The van der Waals surface area contributed by atoms with Crippen molar-refractivity contribution in [2.45, 2.75) is 96.7 Å². The summed E-state index contributed by atoms with van der Waals surface area (Å²) in [5.74, 6) is 1.23. The molecule has 0 aliphatic carbocycles. The highest BCUT2D eigenvalue weighted by Gasteiger charge is 2.47. The third-order valence-electron chi connectivity index (χ3n) is 8.69. The molecule has 3 aromatic carbocycles. The monoisotopic (exact) mass is 605 g/mol. The Morgan fingerprint density at radius 1 is 0.977 bits per heavy atom. The lowest BCUT2D eigenvalue weighted by Crippen LogP contribution is -2.50. The van der Waals surface area contributed by atoms with Gasteiger partial charge >= 0.3 is 0 Å². The predicted molar refractivity (Wildman–Crippen MR) is 171 cm³/mol. The first-order valence-corrected chi connectivity index (χ1v) is 15.5. The zero-order valence-corrected chi connectivity index (χ0v) is 27.3. The van der Waals surface area contributed by atoms with Gasteiger partial charge in [-0.15, -0.1) is 0 Å². The number of ether oxygens (including phenoxy) is 3. The van der Waals surface area contributed by atoms with Crippen molar-refractivity contribution in [3.63, 3.8) is 0 Å². The molecule has 0 saturated carbocycles. The minimum absolute atomic E-state index is 0.0109. The lowest BCUT2D eigenvalue weighted by molar-refractivity contribution is -0.201. The van der Waals surface area contributed by atoms with Gasteiger partial charge in [0.1, 0.15) is 0 Å². The summed E-state index contributed by atoms with van der Waals surface area (Å²) >= 11 is 6.27. The maximum absolute atomic E-state index is 13.9. The first kappa shape index (κ1) is 31.4. The van der Waals surface area contributed by atoms with Crippen LogP contribution in [0.5, 0.6) is 11.5 Å². The number of anilines is 1. The summed E-state index contributed by atoms with van der Waals surface area (Å²) in [6, 6.07) is 18.9. The highest BCUT2D eigenvalue weighted by Crippen LogP contribution is 2.48. The summed E-state index contributed by atoms with van der Waals surface area (Å²) in [5, 5.41) is 12.5. The van der Waals surface area contributed by atoms with E-state index in [1.54, 1.807) is 7.11 Å². The summed E-state index contributed by atoms with van der Waals surface area (Å²) in [7, 11) is 1.61. The maximum Gasteiger partial charge on any atom is 0.232 e. The highest BCUT2D eigenvalue weighted by atomic mass is 35.5. The van der Waals surface area contributed by atoms with Gasteiger partial charge in [0.05, 0.1) is 42.5 Å². The minimum atomic E-state index is -1.06. The Bertz CT molecular complexity index is 1460. The molecule has 2 atom stereocenters. The number of halogens is 1. The van der Waals surface area contributed by atoms with Gasteiger partial charge in [0, 0.05) is 10.7 Å². The van der Waals surface area contributed by atoms with E-state index in [0.29, 0.717) is 16.5 Å². The van der Waals surface area contributed by atoms with E-state index >= 15 is 0 Å². The number of methoxy groups -OCH3 is 1. The van der Waals surface area contributed by atoms with Crippen LogP contribution in [0.2, 0.25) is 5.02 Å². The number of nitrogens with zero attached hydrogens (tertiary/aromatic N) is 1. The molecule has 0 aromatic heterocycles. The van der Waals surface area contributed by atoms with Crippen LogP contribution in [0.15, 0.2) is 60.7 Å². The lowest BCUT2D eigenvalue weighted by Gasteiger charge is -2.49. The Hall–Kier alpha value is -3.06. The topological polar surface area (TPSA) is 68.2 Å². The van der Waals surface area contributed by atoms with Gasteiger partial charge in [-0.1, -0.05) is 35.9 Å². The number of hydrogen-bond acceptors (Lipinski definition) is 5. The van der Waals surface area contributed by atoms with Gasteiger partial charge in [-0.2, -0.15) is 0 Å². The molecule has 7 heteroatoms. The SMILES string of the molecule is COc1cc2c(cc1OC(C)C)[C@H](c1ccc(Cl)cc1)N(c1ccc(C(C)(O)C3CC(C)(C)OC(C)(C)C3)cc1)C(=O)C2. The summed E-state index contributed by atoms with van der Waals surface area (Å²) in [6.45, 7) is 14.2. The minimum Gasteiger partial charge on any atom is -0.493 e. The predicted octanol–water partition coefficient (Wildman–Crippen LogP) is 8.01.